The van der Waals surface area contributed by atoms with Gasteiger partial charge in [-0.2, -0.15) is 0 Å². The minimum absolute atomic E-state index is 0.00801. The minimum Gasteiger partial charge on any atom is -0.436 e. The first-order valence-electron chi connectivity index (χ1n) is 10.1. The highest BCUT2D eigenvalue weighted by Crippen LogP contribution is 2.36. The average Bonchev–Trinajstić information content (AvgIpc) is 3.39. The first kappa shape index (κ1) is 22.0. The molecule has 10 heteroatoms. The molecule has 0 amide bonds. The molecule has 4 nitrogen and oxygen atoms in total. The molecule has 0 spiro atoms. The van der Waals surface area contributed by atoms with E-state index in [2.05, 4.69) is 14.7 Å². The van der Waals surface area contributed by atoms with Gasteiger partial charge in [0.15, 0.2) is 5.58 Å². The van der Waals surface area contributed by atoms with Crippen molar-refractivity contribution in [1.82, 2.24) is 4.98 Å². The summed E-state index contributed by atoms with van der Waals surface area (Å²) < 4.78 is 89.8. The molecule has 3 aromatic carbocycles. The van der Waals surface area contributed by atoms with Crippen LogP contribution in [0.4, 0.5) is 26.3 Å². The Morgan fingerprint density at radius 3 is 2.38 bits per heavy atom. The molecule has 0 N–H and O–H groups in total. The highest BCUT2D eigenvalue weighted by atomic mass is 19.4. The number of aromatic nitrogens is 1. The molecule has 1 aliphatic heterocycles. The van der Waals surface area contributed by atoms with Gasteiger partial charge < -0.3 is 9.15 Å². The van der Waals surface area contributed by atoms with Crippen molar-refractivity contribution in [2.45, 2.75) is 25.2 Å². The molecule has 2 heterocycles. The number of ether oxygens (including phenoxy) is 1. The highest BCUT2D eigenvalue weighted by Gasteiger charge is 2.31. The zero-order valence-corrected chi connectivity index (χ0v) is 17.2. The third kappa shape index (κ3) is 4.23. The van der Waals surface area contributed by atoms with Crippen molar-refractivity contribution in [1.29, 1.82) is 0 Å². The number of hydrogen-bond acceptors (Lipinski definition) is 4. The largest absolute Gasteiger partial charge is 0.573 e. The van der Waals surface area contributed by atoms with Gasteiger partial charge in [0.1, 0.15) is 28.7 Å². The molecule has 0 saturated heterocycles. The molecule has 1 unspecified atom stereocenters. The van der Waals surface area contributed by atoms with Crippen molar-refractivity contribution in [2.75, 3.05) is 0 Å². The van der Waals surface area contributed by atoms with Gasteiger partial charge in [-0.05, 0) is 49.2 Å². The van der Waals surface area contributed by atoms with E-state index < -0.39 is 35.6 Å². The van der Waals surface area contributed by atoms with Gasteiger partial charge >= 0.3 is 6.36 Å². The Balaban J connectivity index is 1.42. The van der Waals surface area contributed by atoms with Crippen molar-refractivity contribution in [3.8, 4) is 17.2 Å². The van der Waals surface area contributed by atoms with Crippen molar-refractivity contribution in [2.24, 2.45) is 4.99 Å². The summed E-state index contributed by atoms with van der Waals surface area (Å²) in [5.41, 5.74) is 0.844. The lowest BCUT2D eigenvalue weighted by molar-refractivity contribution is -0.274. The van der Waals surface area contributed by atoms with E-state index in [1.54, 1.807) is 0 Å². The number of aliphatic imine (C=N–C) groups is 1. The summed E-state index contributed by atoms with van der Waals surface area (Å²) in [5, 5.41) is 0. The summed E-state index contributed by atoms with van der Waals surface area (Å²) >= 11 is 0. The Hall–Kier alpha value is -3.82. The molecular weight excluding hydrogens is 462 g/mol. The van der Waals surface area contributed by atoms with Crippen LogP contribution in [0.2, 0.25) is 0 Å². The molecule has 0 saturated carbocycles. The maximum atomic E-state index is 14.9. The number of nitrogens with zero attached hydrogens (tertiary/aromatic N) is 2. The van der Waals surface area contributed by atoms with Gasteiger partial charge in [-0.1, -0.05) is 12.1 Å². The smallest absolute Gasteiger partial charge is 0.436 e. The molecule has 1 atom stereocenters. The third-order valence-corrected chi connectivity index (χ3v) is 5.42. The van der Waals surface area contributed by atoms with Crippen molar-refractivity contribution >= 4 is 16.8 Å². The molecule has 1 aromatic heterocycles. The van der Waals surface area contributed by atoms with Crippen LogP contribution in [0, 0.1) is 17.5 Å². The highest BCUT2D eigenvalue weighted by molar-refractivity contribution is 6.02. The lowest BCUT2D eigenvalue weighted by atomic mass is 10.0. The lowest BCUT2D eigenvalue weighted by Gasteiger charge is -2.09. The molecule has 0 radical (unpaired) electrons. The zero-order valence-electron chi connectivity index (χ0n) is 17.2. The Labute approximate surface area is 188 Å². The number of benzene rings is 3. The molecular formula is C24H14F6N2O2. The summed E-state index contributed by atoms with van der Waals surface area (Å²) in [6, 6.07) is 10.5. The number of oxazole rings is 1. The van der Waals surface area contributed by atoms with Crippen LogP contribution in [0.3, 0.4) is 0 Å². The average molecular weight is 476 g/mol. The maximum absolute atomic E-state index is 14.9. The Bertz CT molecular complexity index is 1410. The normalized spacial score (nSPS) is 16.2. The Morgan fingerprint density at radius 1 is 0.912 bits per heavy atom. The molecule has 0 bridgehead atoms. The standard InChI is InChI=1S/C24H14F6N2O2/c25-15-2-1-3-16(26)22(15)19-8-7-18(31-19)14-6-4-12(10-17(14)27)23-32-20-11-13(34-24(28,29)30)5-9-21(20)33-23/h1-6,9-11,18H,7-8H2. The Kier molecular flexibility index (Phi) is 5.30. The lowest BCUT2D eigenvalue weighted by Crippen LogP contribution is -2.16. The second-order valence-corrected chi connectivity index (χ2v) is 7.66. The monoisotopic (exact) mass is 476 g/mol. The topological polar surface area (TPSA) is 47.6 Å². The summed E-state index contributed by atoms with van der Waals surface area (Å²) in [6.45, 7) is 0. The van der Waals surface area contributed by atoms with Gasteiger partial charge in [0.25, 0.3) is 0 Å². The third-order valence-electron chi connectivity index (χ3n) is 5.42. The molecule has 0 fully saturated rings. The van der Waals surface area contributed by atoms with Gasteiger partial charge in [-0.25, -0.2) is 18.2 Å². The predicted octanol–water partition coefficient (Wildman–Crippen LogP) is 7.13. The summed E-state index contributed by atoms with van der Waals surface area (Å²) in [6.07, 6.45) is -4.18. The van der Waals surface area contributed by atoms with Gasteiger partial charge in [0, 0.05) is 22.9 Å². The molecule has 0 aliphatic carbocycles. The van der Waals surface area contributed by atoms with Gasteiger partial charge in [0.2, 0.25) is 5.89 Å². The van der Waals surface area contributed by atoms with Crippen molar-refractivity contribution in [3.05, 3.63) is 83.2 Å². The van der Waals surface area contributed by atoms with Crippen LogP contribution >= 0.6 is 0 Å². The first-order valence-corrected chi connectivity index (χ1v) is 10.1. The van der Waals surface area contributed by atoms with Crippen LogP contribution in [0.15, 0.2) is 64.0 Å². The Morgan fingerprint density at radius 2 is 1.68 bits per heavy atom. The van der Waals surface area contributed by atoms with E-state index in [0.29, 0.717) is 6.42 Å². The number of rotatable bonds is 4. The first-order chi connectivity index (χ1) is 16.2. The van der Waals surface area contributed by atoms with Crippen molar-refractivity contribution in [3.63, 3.8) is 0 Å². The second kappa shape index (κ2) is 8.19. The van der Waals surface area contributed by atoms with E-state index >= 15 is 0 Å². The van der Waals surface area contributed by atoms with Crippen LogP contribution in [0.1, 0.15) is 30.0 Å². The minimum atomic E-state index is -4.85. The SMILES string of the molecule is Fc1cc(-c2nc3cc(OC(F)(F)F)ccc3o2)ccc1C1CCC(c2c(F)cccc2F)=N1. The molecule has 5 rings (SSSR count). The molecule has 4 aromatic rings. The fraction of sp³-hybridized carbons (Fsp3) is 0.167. The van der Waals surface area contributed by atoms with E-state index in [4.69, 9.17) is 4.42 Å². The van der Waals surface area contributed by atoms with Crippen LogP contribution in [0.25, 0.3) is 22.6 Å². The quantitative estimate of drug-likeness (QED) is 0.294. The molecule has 1 aliphatic rings. The summed E-state index contributed by atoms with van der Waals surface area (Å²) in [4.78, 5) is 8.46. The summed E-state index contributed by atoms with van der Waals surface area (Å²) in [5.74, 6) is -2.52. The molecule has 34 heavy (non-hydrogen) atoms. The fourth-order valence-electron chi connectivity index (χ4n) is 3.94. The van der Waals surface area contributed by atoms with Gasteiger partial charge in [0.05, 0.1) is 11.6 Å². The maximum Gasteiger partial charge on any atom is 0.573 e. The summed E-state index contributed by atoms with van der Waals surface area (Å²) in [7, 11) is 0. The van der Waals surface area contributed by atoms with E-state index in [9.17, 15) is 26.3 Å². The van der Waals surface area contributed by atoms with Crippen LogP contribution < -0.4 is 4.74 Å². The number of hydrogen-bond donors (Lipinski definition) is 0. The van der Waals surface area contributed by atoms with E-state index in [1.807, 2.05) is 0 Å². The van der Waals surface area contributed by atoms with Crippen molar-refractivity contribution < 1.29 is 35.5 Å². The van der Waals surface area contributed by atoms with Crippen LogP contribution in [-0.2, 0) is 0 Å². The van der Waals surface area contributed by atoms with Crippen LogP contribution in [-0.4, -0.2) is 17.1 Å². The second-order valence-electron chi connectivity index (χ2n) is 7.66. The predicted molar refractivity (Wildman–Crippen MR) is 111 cm³/mol. The number of halogens is 6. The fourth-order valence-corrected chi connectivity index (χ4v) is 3.94. The van der Waals surface area contributed by atoms with Gasteiger partial charge in [-0.3, -0.25) is 4.99 Å². The number of fused-ring (bicyclic) bond motifs is 1. The number of alkyl halides is 3. The van der Waals surface area contributed by atoms with E-state index in [-0.39, 0.29) is 45.8 Å². The van der Waals surface area contributed by atoms with Crippen LogP contribution in [0.5, 0.6) is 5.75 Å². The molecule has 174 valence electrons. The van der Waals surface area contributed by atoms with E-state index in [1.165, 1.54) is 30.3 Å². The van der Waals surface area contributed by atoms with E-state index in [0.717, 1.165) is 24.3 Å². The van der Waals surface area contributed by atoms with Gasteiger partial charge in [-0.15, -0.1) is 13.2 Å². The zero-order chi connectivity index (χ0) is 24.0.